The molecule has 25 heavy (non-hydrogen) atoms. The van der Waals surface area contributed by atoms with E-state index in [1.54, 1.807) is 20.0 Å². The number of hydrogen-bond donors (Lipinski definition) is 0. The van der Waals surface area contributed by atoms with Gasteiger partial charge in [0.2, 0.25) is 5.88 Å². The molecule has 2 saturated heterocycles. The SMILES string of the molecule is Cc1noc(C)c1C(=O)N1C[C@@H](Oc2ccccn2)[C@H]2OCCC[C@H]21. The van der Waals surface area contributed by atoms with Gasteiger partial charge in [-0.15, -0.1) is 0 Å². The number of carbonyl (C=O) groups is 1. The number of nitrogens with zero attached hydrogens (tertiary/aromatic N) is 3. The Balaban J connectivity index is 1.59. The van der Waals surface area contributed by atoms with Crippen molar-refractivity contribution in [1.29, 1.82) is 0 Å². The van der Waals surface area contributed by atoms with Crippen LogP contribution in [-0.4, -0.2) is 52.3 Å². The normalized spacial score (nSPS) is 25.7. The van der Waals surface area contributed by atoms with Crippen molar-refractivity contribution in [1.82, 2.24) is 15.0 Å². The topological polar surface area (TPSA) is 77.7 Å². The lowest BCUT2D eigenvalue weighted by Crippen LogP contribution is -2.44. The van der Waals surface area contributed by atoms with Gasteiger partial charge in [0.15, 0.2) is 0 Å². The highest BCUT2D eigenvalue weighted by atomic mass is 16.5. The molecule has 0 aliphatic carbocycles. The minimum Gasteiger partial charge on any atom is -0.470 e. The fourth-order valence-electron chi connectivity index (χ4n) is 3.75. The van der Waals surface area contributed by atoms with Crippen molar-refractivity contribution in [3.8, 4) is 5.88 Å². The quantitative estimate of drug-likeness (QED) is 0.850. The number of rotatable bonds is 3. The Bertz CT molecular complexity index is 741. The van der Waals surface area contributed by atoms with Crippen LogP contribution in [0.1, 0.15) is 34.7 Å². The molecule has 0 unspecified atom stereocenters. The molecule has 2 aliphatic rings. The van der Waals surface area contributed by atoms with Gasteiger partial charge < -0.3 is 18.9 Å². The number of pyridine rings is 1. The lowest BCUT2D eigenvalue weighted by Gasteiger charge is -2.31. The maximum absolute atomic E-state index is 13.1. The van der Waals surface area contributed by atoms with Crippen molar-refractivity contribution >= 4 is 5.91 Å². The zero-order valence-corrected chi connectivity index (χ0v) is 14.3. The molecule has 0 bridgehead atoms. The van der Waals surface area contributed by atoms with E-state index in [0.717, 1.165) is 12.8 Å². The van der Waals surface area contributed by atoms with Crippen molar-refractivity contribution in [3.05, 3.63) is 41.4 Å². The molecule has 2 aliphatic heterocycles. The van der Waals surface area contributed by atoms with Crippen molar-refractivity contribution in [2.24, 2.45) is 0 Å². The summed E-state index contributed by atoms with van der Waals surface area (Å²) in [6.45, 7) is 4.71. The highest BCUT2D eigenvalue weighted by Crippen LogP contribution is 2.33. The largest absolute Gasteiger partial charge is 0.470 e. The van der Waals surface area contributed by atoms with Gasteiger partial charge in [0.05, 0.1) is 18.3 Å². The van der Waals surface area contributed by atoms with E-state index in [-0.39, 0.29) is 24.2 Å². The first-order valence-electron chi connectivity index (χ1n) is 8.58. The van der Waals surface area contributed by atoms with Crippen LogP contribution in [0.2, 0.25) is 0 Å². The van der Waals surface area contributed by atoms with Crippen LogP contribution in [0, 0.1) is 13.8 Å². The van der Waals surface area contributed by atoms with Gasteiger partial charge in [-0.3, -0.25) is 4.79 Å². The summed E-state index contributed by atoms with van der Waals surface area (Å²) in [6, 6.07) is 5.54. The molecule has 1 amide bonds. The Labute approximate surface area is 145 Å². The zero-order valence-electron chi connectivity index (χ0n) is 14.3. The van der Waals surface area contributed by atoms with Gasteiger partial charge in [0, 0.05) is 18.9 Å². The highest BCUT2D eigenvalue weighted by molar-refractivity contribution is 5.96. The lowest BCUT2D eigenvalue weighted by molar-refractivity contribution is -0.0455. The average molecular weight is 343 g/mol. The number of aromatic nitrogens is 2. The Kier molecular flexibility index (Phi) is 4.17. The predicted molar refractivity (Wildman–Crippen MR) is 88.4 cm³/mol. The second-order valence-corrected chi connectivity index (χ2v) is 6.53. The number of hydrogen-bond acceptors (Lipinski definition) is 6. The van der Waals surface area contributed by atoms with Crippen LogP contribution in [0.25, 0.3) is 0 Å². The van der Waals surface area contributed by atoms with Gasteiger partial charge >= 0.3 is 0 Å². The summed E-state index contributed by atoms with van der Waals surface area (Å²) in [5, 5.41) is 3.90. The second kappa shape index (κ2) is 6.48. The van der Waals surface area contributed by atoms with E-state index in [0.29, 0.717) is 36.0 Å². The zero-order chi connectivity index (χ0) is 17.4. The summed E-state index contributed by atoms with van der Waals surface area (Å²) in [4.78, 5) is 19.2. The minimum absolute atomic E-state index is 0.00339. The van der Waals surface area contributed by atoms with Crippen molar-refractivity contribution in [2.75, 3.05) is 13.2 Å². The fraction of sp³-hybridized carbons (Fsp3) is 0.500. The monoisotopic (exact) mass is 343 g/mol. The first-order chi connectivity index (χ1) is 12.1. The summed E-state index contributed by atoms with van der Waals surface area (Å²) < 4.78 is 17.2. The molecule has 0 N–H and O–H groups in total. The van der Waals surface area contributed by atoms with Crippen molar-refractivity contribution in [2.45, 2.75) is 44.9 Å². The average Bonchev–Trinajstić information content (AvgIpc) is 3.16. The number of fused-ring (bicyclic) bond motifs is 1. The predicted octanol–water partition coefficient (Wildman–Crippen LogP) is 2.14. The van der Waals surface area contributed by atoms with Gasteiger partial charge in [-0.2, -0.15) is 0 Å². The Morgan fingerprint density at radius 2 is 2.24 bits per heavy atom. The van der Waals surface area contributed by atoms with Gasteiger partial charge in [-0.1, -0.05) is 11.2 Å². The summed E-state index contributed by atoms with van der Waals surface area (Å²) in [5.41, 5.74) is 1.16. The van der Waals surface area contributed by atoms with Crippen LogP contribution in [-0.2, 0) is 4.74 Å². The lowest BCUT2D eigenvalue weighted by atomic mass is 10.0. The second-order valence-electron chi connectivity index (χ2n) is 6.53. The Morgan fingerprint density at radius 3 is 2.96 bits per heavy atom. The molecular weight excluding hydrogens is 322 g/mol. The first-order valence-corrected chi connectivity index (χ1v) is 8.58. The van der Waals surface area contributed by atoms with Crippen LogP contribution >= 0.6 is 0 Å². The molecule has 2 aromatic heterocycles. The van der Waals surface area contributed by atoms with Crippen LogP contribution < -0.4 is 4.74 Å². The van der Waals surface area contributed by atoms with E-state index in [9.17, 15) is 4.79 Å². The fourth-order valence-corrected chi connectivity index (χ4v) is 3.75. The summed E-state index contributed by atoms with van der Waals surface area (Å²) in [6.07, 6.45) is 3.16. The molecule has 132 valence electrons. The van der Waals surface area contributed by atoms with Crippen LogP contribution in [0.3, 0.4) is 0 Å². The number of likely N-dealkylation sites (tertiary alicyclic amines) is 1. The molecule has 7 nitrogen and oxygen atoms in total. The van der Waals surface area contributed by atoms with Gasteiger partial charge in [-0.05, 0) is 32.8 Å². The Morgan fingerprint density at radius 1 is 1.36 bits per heavy atom. The Hall–Kier alpha value is -2.41. The van der Waals surface area contributed by atoms with Crippen LogP contribution in [0.5, 0.6) is 5.88 Å². The van der Waals surface area contributed by atoms with Crippen molar-refractivity contribution < 1.29 is 18.8 Å². The maximum atomic E-state index is 13.1. The van der Waals surface area contributed by atoms with Gasteiger partial charge in [0.1, 0.15) is 23.5 Å². The molecule has 2 aromatic rings. The minimum atomic E-state index is -0.232. The molecule has 2 fully saturated rings. The molecule has 4 heterocycles. The summed E-state index contributed by atoms with van der Waals surface area (Å²) in [5.74, 6) is 1.03. The van der Waals surface area contributed by atoms with E-state index in [4.69, 9.17) is 14.0 Å². The number of amides is 1. The van der Waals surface area contributed by atoms with E-state index in [1.807, 2.05) is 23.1 Å². The molecule has 0 spiro atoms. The molecule has 3 atom stereocenters. The molecule has 7 heteroatoms. The summed E-state index contributed by atoms with van der Waals surface area (Å²) >= 11 is 0. The van der Waals surface area contributed by atoms with Gasteiger partial charge in [-0.25, -0.2) is 4.98 Å². The van der Waals surface area contributed by atoms with E-state index in [2.05, 4.69) is 10.1 Å². The number of ether oxygens (including phenoxy) is 2. The van der Waals surface area contributed by atoms with E-state index >= 15 is 0 Å². The van der Waals surface area contributed by atoms with Crippen molar-refractivity contribution in [3.63, 3.8) is 0 Å². The molecule has 0 saturated carbocycles. The van der Waals surface area contributed by atoms with E-state index in [1.165, 1.54) is 0 Å². The summed E-state index contributed by atoms with van der Waals surface area (Å²) in [7, 11) is 0. The number of carbonyl (C=O) groups excluding carboxylic acids is 1. The molecule has 4 rings (SSSR count). The van der Waals surface area contributed by atoms with Crippen LogP contribution in [0.4, 0.5) is 0 Å². The highest BCUT2D eigenvalue weighted by Gasteiger charge is 2.48. The maximum Gasteiger partial charge on any atom is 0.259 e. The van der Waals surface area contributed by atoms with Crippen LogP contribution in [0.15, 0.2) is 28.9 Å². The molecular formula is C18H21N3O4. The molecule has 0 radical (unpaired) electrons. The molecule has 0 aromatic carbocycles. The standard InChI is InChI=1S/C18H21N3O4/c1-11-16(12(2)25-20-11)18(22)21-10-14(17-13(21)6-5-9-23-17)24-15-7-3-4-8-19-15/h3-4,7-8,13-14,17H,5-6,9-10H2,1-2H3/t13-,14-,17+/m1/s1. The first kappa shape index (κ1) is 16.1. The third-order valence-corrected chi connectivity index (χ3v) is 4.90. The number of aryl methyl sites for hydroxylation is 2. The van der Waals surface area contributed by atoms with E-state index < -0.39 is 0 Å². The van der Waals surface area contributed by atoms with Gasteiger partial charge in [0.25, 0.3) is 5.91 Å². The smallest absolute Gasteiger partial charge is 0.259 e. The third-order valence-electron chi connectivity index (χ3n) is 4.90. The third kappa shape index (κ3) is 2.89.